The van der Waals surface area contributed by atoms with Gasteiger partial charge in [0, 0.05) is 44.5 Å². The van der Waals surface area contributed by atoms with Crippen molar-refractivity contribution in [1.29, 1.82) is 0 Å². The summed E-state index contributed by atoms with van der Waals surface area (Å²) in [5.41, 5.74) is 1.78. The van der Waals surface area contributed by atoms with Crippen LogP contribution in [0, 0.1) is 11.8 Å². The fourth-order valence-corrected chi connectivity index (χ4v) is 6.94. The molecule has 1 saturated carbocycles. The maximum Gasteiger partial charge on any atom is 0.308 e. The van der Waals surface area contributed by atoms with Crippen LogP contribution < -0.4 is 4.74 Å². The number of hydrogen-bond donors (Lipinski definition) is 0. The first-order chi connectivity index (χ1) is 18.5. The molecule has 2 aromatic carbocycles. The number of amides is 1. The van der Waals surface area contributed by atoms with Crippen LogP contribution in [-0.2, 0) is 26.2 Å². The third-order valence-corrected chi connectivity index (χ3v) is 9.09. The molecule has 4 rings (SSSR count). The summed E-state index contributed by atoms with van der Waals surface area (Å²) in [6.45, 7) is 8.22. The van der Waals surface area contributed by atoms with Crippen LogP contribution in [0.3, 0.4) is 0 Å². The number of rotatable bonds is 8. The molecule has 212 valence electrons. The van der Waals surface area contributed by atoms with E-state index in [-0.39, 0.29) is 41.8 Å². The fourth-order valence-electron chi connectivity index (χ4n) is 6.62. The molecular weight excluding hydrogens is 535 g/mol. The molecule has 8 heteroatoms. The molecule has 2 aliphatic rings. The lowest BCUT2D eigenvalue weighted by atomic mass is 9.56. The fraction of sp³-hybridized carbons (Fsp3) is 0.548. The third kappa shape index (κ3) is 6.79. The van der Waals surface area contributed by atoms with Crippen molar-refractivity contribution < 1.29 is 19.1 Å². The Balaban J connectivity index is 1.72. The largest absolute Gasteiger partial charge is 0.427 e. The molecule has 0 spiro atoms. The summed E-state index contributed by atoms with van der Waals surface area (Å²) in [5, 5.41) is 0.934. The molecule has 0 radical (unpaired) electrons. The van der Waals surface area contributed by atoms with Crippen molar-refractivity contribution >= 4 is 35.1 Å². The molecule has 1 aliphatic heterocycles. The quantitative estimate of drug-likeness (QED) is 0.285. The summed E-state index contributed by atoms with van der Waals surface area (Å²) in [4.78, 5) is 30.1. The predicted octanol–water partition coefficient (Wildman–Crippen LogP) is 6.01. The normalized spacial score (nSPS) is 25.3. The van der Waals surface area contributed by atoms with Gasteiger partial charge in [-0.1, -0.05) is 55.2 Å². The summed E-state index contributed by atoms with van der Waals surface area (Å²) < 4.78 is 11.7. The molecule has 1 saturated heterocycles. The Hall–Kier alpha value is -2.12. The first-order valence-electron chi connectivity index (χ1n) is 13.8. The second-order valence-electron chi connectivity index (χ2n) is 11.6. The minimum Gasteiger partial charge on any atom is -0.427 e. The van der Waals surface area contributed by atoms with Gasteiger partial charge in [0.1, 0.15) is 5.75 Å². The number of nitrogens with zero attached hydrogens (tertiary/aromatic N) is 2. The van der Waals surface area contributed by atoms with Gasteiger partial charge >= 0.3 is 5.97 Å². The van der Waals surface area contributed by atoms with E-state index in [0.29, 0.717) is 28.3 Å². The van der Waals surface area contributed by atoms with Gasteiger partial charge in [-0.15, -0.1) is 0 Å². The average molecular weight is 576 g/mol. The number of hydrogen-bond acceptors (Lipinski definition) is 5. The van der Waals surface area contributed by atoms with E-state index in [9.17, 15) is 9.59 Å². The zero-order valence-corrected chi connectivity index (χ0v) is 25.1. The van der Waals surface area contributed by atoms with E-state index in [4.69, 9.17) is 32.7 Å². The summed E-state index contributed by atoms with van der Waals surface area (Å²) in [6, 6.07) is 13.3. The van der Waals surface area contributed by atoms with Crippen LogP contribution in [0.2, 0.25) is 10.0 Å². The van der Waals surface area contributed by atoms with E-state index < -0.39 is 0 Å². The number of ether oxygens (including phenoxy) is 2. The molecule has 0 aromatic heterocycles. The van der Waals surface area contributed by atoms with Crippen molar-refractivity contribution in [3.63, 3.8) is 0 Å². The average Bonchev–Trinajstić information content (AvgIpc) is 2.88. The number of esters is 1. The summed E-state index contributed by atoms with van der Waals surface area (Å²) in [5.74, 6) is 0.852. The van der Waals surface area contributed by atoms with E-state index in [0.717, 1.165) is 43.5 Å². The van der Waals surface area contributed by atoms with E-state index in [1.54, 1.807) is 19.2 Å². The minimum atomic E-state index is -0.336. The van der Waals surface area contributed by atoms with Gasteiger partial charge in [0.25, 0.3) is 0 Å². The highest BCUT2D eigenvalue weighted by molar-refractivity contribution is 6.42. The van der Waals surface area contributed by atoms with Crippen LogP contribution in [0.25, 0.3) is 0 Å². The standard InChI is InChI=1S/C31H40Cl2N2O4/c1-20(2)18-35(30(37)14-22-9-10-27(32)28(33)13-22)24-16-29(38-5)26-19-34(4)12-11-31(26,17-24)23-7-6-8-25(15-23)39-21(3)36/h6-10,13,15,20,24,26,29H,11-12,14,16-19H2,1-5H3/t24-,26+,29?,31+/m1/s1. The number of fused-ring (bicyclic) bond motifs is 1. The number of carbonyl (C=O) groups excluding carboxylic acids is 2. The van der Waals surface area contributed by atoms with Gasteiger partial charge in [-0.3, -0.25) is 9.59 Å². The Bertz CT molecular complexity index is 1190. The highest BCUT2D eigenvalue weighted by atomic mass is 35.5. The van der Waals surface area contributed by atoms with Gasteiger partial charge in [-0.2, -0.15) is 0 Å². The van der Waals surface area contributed by atoms with Crippen LogP contribution in [0.1, 0.15) is 51.2 Å². The molecule has 6 nitrogen and oxygen atoms in total. The molecule has 0 N–H and O–H groups in total. The maximum atomic E-state index is 13.9. The van der Waals surface area contributed by atoms with Gasteiger partial charge in [-0.25, -0.2) is 0 Å². The monoisotopic (exact) mass is 574 g/mol. The number of halogens is 2. The maximum absolute atomic E-state index is 13.9. The first kappa shape index (κ1) is 29.9. The van der Waals surface area contributed by atoms with Crippen molar-refractivity contribution in [3.05, 3.63) is 63.6 Å². The van der Waals surface area contributed by atoms with Crippen LogP contribution >= 0.6 is 23.2 Å². The first-order valence-corrected chi connectivity index (χ1v) is 14.5. The van der Waals surface area contributed by atoms with Gasteiger partial charge < -0.3 is 19.3 Å². The number of methoxy groups -OCH3 is 1. The number of piperidine rings is 1. The van der Waals surface area contributed by atoms with Crippen molar-refractivity contribution in [2.45, 2.75) is 64.0 Å². The molecule has 0 bridgehead atoms. The molecular formula is C31H40Cl2N2O4. The van der Waals surface area contributed by atoms with Crippen LogP contribution in [-0.4, -0.2) is 67.6 Å². The Morgan fingerprint density at radius 3 is 2.59 bits per heavy atom. The van der Waals surface area contributed by atoms with Crippen LogP contribution in [0.4, 0.5) is 0 Å². The highest BCUT2D eigenvalue weighted by Gasteiger charge is 2.53. The number of carbonyl (C=O) groups is 2. The van der Waals surface area contributed by atoms with E-state index >= 15 is 0 Å². The van der Waals surface area contributed by atoms with Crippen molar-refractivity contribution in [2.24, 2.45) is 11.8 Å². The van der Waals surface area contributed by atoms with E-state index in [1.165, 1.54) is 6.92 Å². The van der Waals surface area contributed by atoms with Crippen molar-refractivity contribution in [1.82, 2.24) is 9.80 Å². The lowest BCUT2D eigenvalue weighted by molar-refractivity contribution is -0.140. The molecule has 2 fully saturated rings. The summed E-state index contributed by atoms with van der Waals surface area (Å²) >= 11 is 12.4. The SMILES string of the molecule is COC1C[C@@H](N(CC(C)C)C(=O)Cc2ccc(Cl)c(Cl)c2)C[C@]2(c3cccc(OC(C)=O)c3)CCN(C)C[C@@H]12. The molecule has 1 amide bonds. The Labute approximate surface area is 242 Å². The topological polar surface area (TPSA) is 59.1 Å². The molecule has 1 aliphatic carbocycles. The predicted molar refractivity (Wildman–Crippen MR) is 156 cm³/mol. The Kier molecular flexibility index (Phi) is 9.64. The van der Waals surface area contributed by atoms with Gasteiger partial charge in [0.05, 0.1) is 22.6 Å². The lowest BCUT2D eigenvalue weighted by Gasteiger charge is -2.56. The molecule has 4 atom stereocenters. The minimum absolute atomic E-state index is 0.00431. The molecule has 1 unspecified atom stereocenters. The van der Waals surface area contributed by atoms with E-state index in [2.05, 4.69) is 36.8 Å². The lowest BCUT2D eigenvalue weighted by Crippen LogP contribution is -2.61. The van der Waals surface area contributed by atoms with Crippen LogP contribution in [0.15, 0.2) is 42.5 Å². The second kappa shape index (κ2) is 12.6. The zero-order valence-electron chi connectivity index (χ0n) is 23.6. The van der Waals surface area contributed by atoms with Crippen molar-refractivity contribution in [2.75, 3.05) is 33.8 Å². The van der Waals surface area contributed by atoms with Gasteiger partial charge in [0.15, 0.2) is 0 Å². The Morgan fingerprint density at radius 2 is 1.92 bits per heavy atom. The zero-order chi connectivity index (χ0) is 28.3. The second-order valence-corrected chi connectivity index (χ2v) is 12.4. The highest BCUT2D eigenvalue weighted by Crippen LogP contribution is 2.51. The number of benzene rings is 2. The molecule has 39 heavy (non-hydrogen) atoms. The summed E-state index contributed by atoms with van der Waals surface area (Å²) in [7, 11) is 3.94. The van der Waals surface area contributed by atoms with Crippen LogP contribution in [0.5, 0.6) is 5.75 Å². The third-order valence-electron chi connectivity index (χ3n) is 8.35. The molecule has 2 aromatic rings. The van der Waals surface area contributed by atoms with E-state index in [1.807, 2.05) is 24.3 Å². The van der Waals surface area contributed by atoms with Gasteiger partial charge in [0.2, 0.25) is 5.91 Å². The van der Waals surface area contributed by atoms with Gasteiger partial charge in [-0.05, 0) is 74.2 Å². The number of likely N-dealkylation sites (tertiary alicyclic amines) is 1. The smallest absolute Gasteiger partial charge is 0.308 e. The molecule has 1 heterocycles. The Morgan fingerprint density at radius 1 is 1.15 bits per heavy atom. The summed E-state index contributed by atoms with van der Waals surface area (Å²) in [6.07, 6.45) is 2.79. The van der Waals surface area contributed by atoms with Crippen molar-refractivity contribution in [3.8, 4) is 5.75 Å².